The van der Waals surface area contributed by atoms with Crippen LogP contribution in [0, 0.1) is 0 Å². The van der Waals surface area contributed by atoms with Gasteiger partial charge in [-0.1, -0.05) is 13.8 Å². The molecule has 0 aliphatic heterocycles. The van der Waals surface area contributed by atoms with Crippen molar-refractivity contribution in [2.45, 2.75) is 53.0 Å². The zero-order valence-electron chi connectivity index (χ0n) is 10.1. The summed E-state index contributed by atoms with van der Waals surface area (Å²) in [5.41, 5.74) is 2.34. The first kappa shape index (κ1) is 12.0. The smallest absolute Gasteiger partial charge is 0.131 e. The van der Waals surface area contributed by atoms with Crippen molar-refractivity contribution in [1.29, 1.82) is 0 Å². The molecular weight excluding hydrogens is 188 g/mol. The minimum Gasteiger partial charge on any atom is -0.300 e. The Hall–Kier alpha value is -1.12. The number of aromatic nitrogens is 2. The highest BCUT2D eigenvalue weighted by Gasteiger charge is 2.13. The maximum Gasteiger partial charge on any atom is 0.131 e. The lowest BCUT2D eigenvalue weighted by molar-refractivity contribution is -0.117. The van der Waals surface area contributed by atoms with Gasteiger partial charge in [0.15, 0.2) is 0 Å². The molecule has 1 atom stereocenters. The van der Waals surface area contributed by atoms with Crippen LogP contribution in [-0.4, -0.2) is 15.6 Å². The molecule has 1 aromatic rings. The Labute approximate surface area is 91.5 Å². The van der Waals surface area contributed by atoms with Crippen molar-refractivity contribution in [1.82, 2.24) is 9.78 Å². The Morgan fingerprint density at radius 1 is 1.47 bits per heavy atom. The van der Waals surface area contributed by atoms with Crippen LogP contribution in [0.4, 0.5) is 0 Å². The van der Waals surface area contributed by atoms with Gasteiger partial charge in [0, 0.05) is 12.1 Å². The fourth-order valence-corrected chi connectivity index (χ4v) is 1.81. The first-order valence-corrected chi connectivity index (χ1v) is 5.65. The fraction of sp³-hybridized carbons (Fsp3) is 0.667. The molecule has 1 unspecified atom stereocenters. The molecule has 0 aliphatic rings. The highest BCUT2D eigenvalue weighted by Crippen LogP contribution is 2.16. The van der Waals surface area contributed by atoms with E-state index in [2.05, 4.69) is 25.0 Å². The minimum absolute atomic E-state index is 0.178. The van der Waals surface area contributed by atoms with Crippen molar-refractivity contribution in [3.63, 3.8) is 0 Å². The monoisotopic (exact) mass is 208 g/mol. The fourth-order valence-electron chi connectivity index (χ4n) is 1.81. The summed E-state index contributed by atoms with van der Waals surface area (Å²) in [5.74, 6) is 0.220. The van der Waals surface area contributed by atoms with E-state index < -0.39 is 0 Å². The first-order chi connectivity index (χ1) is 7.08. The average Bonchev–Trinajstić information content (AvgIpc) is 2.59. The van der Waals surface area contributed by atoms with Crippen LogP contribution in [-0.2, 0) is 17.6 Å². The predicted octanol–water partition coefficient (Wildman–Crippen LogP) is 2.55. The molecule has 15 heavy (non-hydrogen) atoms. The van der Waals surface area contributed by atoms with Gasteiger partial charge in [-0.15, -0.1) is 0 Å². The second-order valence-electron chi connectivity index (χ2n) is 4.03. The van der Waals surface area contributed by atoms with Crippen LogP contribution in [0.5, 0.6) is 0 Å². The molecule has 1 heterocycles. The molecule has 0 radical (unpaired) electrons. The van der Waals surface area contributed by atoms with Gasteiger partial charge in [-0.2, -0.15) is 5.10 Å². The number of ketones is 1. The molecule has 84 valence electrons. The number of rotatable bonds is 5. The maximum absolute atomic E-state index is 11.1. The number of nitrogens with zero attached hydrogens (tertiary/aromatic N) is 2. The standard InChI is InChI=1S/C12H20N2O/c1-5-11-8-12(6-2)14(13-11)9(3)7-10(4)15/h8-9H,5-7H2,1-4H3. The second kappa shape index (κ2) is 5.10. The molecule has 3 heteroatoms. The van der Waals surface area contributed by atoms with Gasteiger partial charge in [0.05, 0.1) is 11.7 Å². The van der Waals surface area contributed by atoms with E-state index in [-0.39, 0.29) is 11.8 Å². The summed E-state index contributed by atoms with van der Waals surface area (Å²) in [4.78, 5) is 11.1. The van der Waals surface area contributed by atoms with Crippen molar-refractivity contribution in [3.05, 3.63) is 17.5 Å². The summed E-state index contributed by atoms with van der Waals surface area (Å²) in [6.07, 6.45) is 2.49. The van der Waals surface area contributed by atoms with E-state index in [4.69, 9.17) is 0 Å². The lowest BCUT2D eigenvalue weighted by Gasteiger charge is -2.13. The lowest BCUT2D eigenvalue weighted by atomic mass is 10.2. The Morgan fingerprint density at radius 2 is 2.13 bits per heavy atom. The Balaban J connectivity index is 2.90. The first-order valence-electron chi connectivity index (χ1n) is 5.65. The van der Waals surface area contributed by atoms with Gasteiger partial charge in [0.1, 0.15) is 5.78 Å². The largest absolute Gasteiger partial charge is 0.300 e. The number of aryl methyl sites for hydroxylation is 2. The Morgan fingerprint density at radius 3 is 2.60 bits per heavy atom. The highest BCUT2D eigenvalue weighted by atomic mass is 16.1. The highest BCUT2D eigenvalue weighted by molar-refractivity contribution is 5.75. The summed E-state index contributed by atoms with van der Waals surface area (Å²) in [6.45, 7) is 7.90. The normalized spacial score (nSPS) is 12.8. The van der Waals surface area contributed by atoms with E-state index >= 15 is 0 Å². The molecule has 0 saturated heterocycles. The molecule has 0 bridgehead atoms. The predicted molar refractivity (Wildman–Crippen MR) is 61.0 cm³/mol. The summed E-state index contributed by atoms with van der Waals surface area (Å²) in [6, 6.07) is 2.31. The molecule has 0 amide bonds. The summed E-state index contributed by atoms with van der Waals surface area (Å²) in [7, 11) is 0. The van der Waals surface area contributed by atoms with Crippen LogP contribution in [0.2, 0.25) is 0 Å². The van der Waals surface area contributed by atoms with Crippen LogP contribution >= 0.6 is 0 Å². The molecule has 1 aromatic heterocycles. The Kier molecular flexibility index (Phi) is 4.06. The van der Waals surface area contributed by atoms with Crippen LogP contribution in [0.1, 0.15) is 51.5 Å². The van der Waals surface area contributed by atoms with Crippen LogP contribution < -0.4 is 0 Å². The van der Waals surface area contributed by atoms with Crippen molar-refractivity contribution in [2.24, 2.45) is 0 Å². The van der Waals surface area contributed by atoms with E-state index in [0.29, 0.717) is 6.42 Å². The molecule has 0 N–H and O–H groups in total. The van der Waals surface area contributed by atoms with Crippen molar-refractivity contribution < 1.29 is 4.79 Å². The van der Waals surface area contributed by atoms with Crippen molar-refractivity contribution in [3.8, 4) is 0 Å². The van der Waals surface area contributed by atoms with E-state index in [1.54, 1.807) is 6.92 Å². The molecule has 0 saturated carbocycles. The molecule has 0 aromatic carbocycles. The average molecular weight is 208 g/mol. The second-order valence-corrected chi connectivity index (χ2v) is 4.03. The van der Waals surface area contributed by atoms with E-state index in [9.17, 15) is 4.79 Å². The van der Waals surface area contributed by atoms with Crippen molar-refractivity contribution in [2.75, 3.05) is 0 Å². The zero-order valence-corrected chi connectivity index (χ0v) is 10.1. The van der Waals surface area contributed by atoms with E-state index in [1.807, 2.05) is 11.6 Å². The van der Waals surface area contributed by atoms with Crippen LogP contribution in [0.15, 0.2) is 6.07 Å². The van der Waals surface area contributed by atoms with Crippen LogP contribution in [0.3, 0.4) is 0 Å². The maximum atomic E-state index is 11.1. The van der Waals surface area contributed by atoms with Gasteiger partial charge < -0.3 is 0 Å². The Bertz CT molecular complexity index is 341. The topological polar surface area (TPSA) is 34.9 Å². The number of hydrogen-bond donors (Lipinski definition) is 0. The van der Waals surface area contributed by atoms with E-state index in [1.165, 1.54) is 5.69 Å². The lowest BCUT2D eigenvalue weighted by Crippen LogP contribution is -2.13. The van der Waals surface area contributed by atoms with Gasteiger partial charge in [-0.3, -0.25) is 9.48 Å². The van der Waals surface area contributed by atoms with Gasteiger partial charge in [-0.25, -0.2) is 0 Å². The molecule has 1 rings (SSSR count). The van der Waals surface area contributed by atoms with Gasteiger partial charge in [0.2, 0.25) is 0 Å². The van der Waals surface area contributed by atoms with Gasteiger partial charge >= 0.3 is 0 Å². The number of carbonyl (C=O) groups is 1. The summed E-state index contributed by atoms with van der Waals surface area (Å²) in [5, 5.41) is 4.52. The minimum atomic E-state index is 0.178. The van der Waals surface area contributed by atoms with Crippen molar-refractivity contribution >= 4 is 5.78 Å². The molecule has 0 aliphatic carbocycles. The van der Waals surface area contributed by atoms with Gasteiger partial charge in [-0.05, 0) is 32.8 Å². The van der Waals surface area contributed by atoms with Gasteiger partial charge in [0.25, 0.3) is 0 Å². The number of carbonyl (C=O) groups excluding carboxylic acids is 1. The molecular formula is C12H20N2O. The summed E-state index contributed by atoms with van der Waals surface area (Å²) < 4.78 is 2.00. The number of hydrogen-bond acceptors (Lipinski definition) is 2. The quantitative estimate of drug-likeness (QED) is 0.745. The third kappa shape index (κ3) is 2.91. The summed E-state index contributed by atoms with van der Waals surface area (Å²) >= 11 is 0. The SMILES string of the molecule is CCc1cc(CC)n(C(C)CC(C)=O)n1. The third-order valence-electron chi connectivity index (χ3n) is 2.59. The van der Waals surface area contributed by atoms with E-state index in [0.717, 1.165) is 18.5 Å². The molecule has 0 spiro atoms. The molecule has 0 fully saturated rings. The number of Topliss-reactive ketones (excluding diaryl/α,β-unsaturated/α-hetero) is 1. The molecule has 3 nitrogen and oxygen atoms in total. The third-order valence-corrected chi connectivity index (χ3v) is 2.59. The zero-order chi connectivity index (χ0) is 11.4. The van der Waals surface area contributed by atoms with Crippen LogP contribution in [0.25, 0.3) is 0 Å².